The molecule has 0 spiro atoms. The van der Waals surface area contributed by atoms with Crippen LogP contribution in [0.3, 0.4) is 0 Å². The van der Waals surface area contributed by atoms with Gasteiger partial charge in [-0.05, 0) is 80.4 Å². The van der Waals surface area contributed by atoms with Gasteiger partial charge in [-0.15, -0.1) is 0 Å². The Morgan fingerprint density at radius 1 is 0.568 bits per heavy atom. The van der Waals surface area contributed by atoms with Crippen molar-refractivity contribution < 1.29 is 0 Å². The van der Waals surface area contributed by atoms with Crippen LogP contribution in [0.15, 0.2) is 85.2 Å². The predicted molar refractivity (Wildman–Crippen MR) is 152 cm³/mol. The highest BCUT2D eigenvalue weighted by Crippen LogP contribution is 2.35. The lowest BCUT2D eigenvalue weighted by molar-refractivity contribution is 0.827. The van der Waals surface area contributed by atoms with Crippen LogP contribution < -0.4 is 0 Å². The third-order valence-electron chi connectivity index (χ3n) is 7.17. The fourth-order valence-electron chi connectivity index (χ4n) is 5.28. The van der Waals surface area contributed by atoms with Crippen LogP contribution in [0.2, 0.25) is 0 Å². The Balaban J connectivity index is 1.41. The highest BCUT2D eigenvalue weighted by molar-refractivity contribution is 6.10. The molecule has 0 amide bonds. The number of hydrogen-bond donors (Lipinski definition) is 0. The normalized spacial score (nSPS) is 11.8. The van der Waals surface area contributed by atoms with Crippen molar-refractivity contribution in [2.75, 3.05) is 0 Å². The minimum absolute atomic E-state index is 0.877. The second kappa shape index (κ2) is 8.20. The molecule has 0 bridgehead atoms. The van der Waals surface area contributed by atoms with Crippen molar-refractivity contribution in [1.82, 2.24) is 24.5 Å². The Morgan fingerprint density at radius 2 is 1.11 bits per heavy atom. The van der Waals surface area contributed by atoms with E-state index in [1.807, 2.05) is 24.5 Å². The van der Waals surface area contributed by atoms with Gasteiger partial charge in [0.05, 0.1) is 45.8 Å². The van der Waals surface area contributed by atoms with Crippen LogP contribution in [0.1, 0.15) is 18.1 Å². The summed E-state index contributed by atoms with van der Waals surface area (Å²) in [5.41, 5.74) is 12.3. The van der Waals surface area contributed by atoms with Crippen LogP contribution in [-0.4, -0.2) is 24.5 Å². The fourth-order valence-corrected chi connectivity index (χ4v) is 5.28. The first-order chi connectivity index (χ1) is 18.1. The summed E-state index contributed by atoms with van der Waals surface area (Å²) in [4.78, 5) is 19.2. The maximum Gasteiger partial charge on any atom is 0.0896 e. The van der Waals surface area contributed by atoms with Gasteiger partial charge in [0.1, 0.15) is 0 Å². The minimum atomic E-state index is 0.877. The molecule has 7 aromatic rings. The van der Waals surface area contributed by atoms with Crippen LogP contribution in [0.4, 0.5) is 0 Å². The lowest BCUT2D eigenvalue weighted by Gasteiger charge is -2.06. The summed E-state index contributed by atoms with van der Waals surface area (Å²) in [5, 5.41) is 2.40. The summed E-state index contributed by atoms with van der Waals surface area (Å²) in [6, 6.07) is 25.6. The quantitative estimate of drug-likeness (QED) is 0.261. The molecule has 0 radical (unpaired) electrons. The molecule has 3 aromatic heterocycles. The van der Waals surface area contributed by atoms with Gasteiger partial charge >= 0.3 is 0 Å². The Labute approximate surface area is 214 Å². The lowest BCUT2D eigenvalue weighted by Crippen LogP contribution is -1.93. The molecular weight excluding hydrogens is 454 g/mol. The zero-order chi connectivity index (χ0) is 25.1. The van der Waals surface area contributed by atoms with Crippen LogP contribution in [0.25, 0.3) is 66.4 Å². The molecular formula is C32H25N5. The number of aromatic nitrogens is 5. The Hall–Kier alpha value is -4.64. The molecule has 178 valence electrons. The van der Waals surface area contributed by atoms with E-state index in [0.717, 1.165) is 51.1 Å². The standard InChI is InChI=1S/C32H25N5/c1-4-37-31-11-7-21(29-18-34-27-13-19(2)6-10-26(27)35-29)15-23(31)24-16-22(8-12-32(24)37)30-17-33-25-9-5-20(3)14-28(25)36-30/h5-18H,4H2,1-3H3. The average Bonchev–Trinajstić information content (AvgIpc) is 3.24. The number of benzene rings is 4. The van der Waals surface area contributed by atoms with Gasteiger partial charge in [-0.2, -0.15) is 0 Å². The summed E-state index contributed by atoms with van der Waals surface area (Å²) in [6.07, 6.45) is 3.75. The Morgan fingerprint density at radius 3 is 1.73 bits per heavy atom. The summed E-state index contributed by atoms with van der Waals surface area (Å²) in [5.74, 6) is 0. The molecule has 7 rings (SSSR count). The van der Waals surface area contributed by atoms with Crippen LogP contribution in [-0.2, 0) is 6.54 Å². The van der Waals surface area contributed by atoms with Crippen molar-refractivity contribution in [3.8, 4) is 22.5 Å². The van der Waals surface area contributed by atoms with E-state index in [2.05, 4.69) is 96.0 Å². The first-order valence-corrected chi connectivity index (χ1v) is 12.6. The van der Waals surface area contributed by atoms with Gasteiger partial charge in [-0.3, -0.25) is 9.97 Å². The number of hydrogen-bond acceptors (Lipinski definition) is 4. The summed E-state index contributed by atoms with van der Waals surface area (Å²) in [6.45, 7) is 7.24. The molecule has 0 unspecified atom stereocenters. The van der Waals surface area contributed by atoms with Gasteiger partial charge in [0.2, 0.25) is 0 Å². The SMILES string of the molecule is CCn1c2ccc(-c3cnc4cc(C)ccc4n3)cc2c2cc(-c3cnc4ccc(C)cc4n3)ccc21. The van der Waals surface area contributed by atoms with Gasteiger partial charge in [0.25, 0.3) is 0 Å². The van der Waals surface area contributed by atoms with Crippen molar-refractivity contribution in [3.05, 3.63) is 96.3 Å². The number of rotatable bonds is 3. The van der Waals surface area contributed by atoms with E-state index >= 15 is 0 Å². The fraction of sp³-hybridized carbons (Fsp3) is 0.125. The van der Waals surface area contributed by atoms with E-state index in [0.29, 0.717) is 0 Å². The third kappa shape index (κ3) is 3.54. The second-order valence-corrected chi connectivity index (χ2v) is 9.70. The second-order valence-electron chi connectivity index (χ2n) is 9.70. The molecule has 0 aliphatic heterocycles. The van der Waals surface area contributed by atoms with E-state index in [1.54, 1.807) is 0 Å². The maximum atomic E-state index is 4.93. The van der Waals surface area contributed by atoms with Crippen molar-refractivity contribution in [2.24, 2.45) is 0 Å². The molecule has 0 N–H and O–H groups in total. The zero-order valence-electron chi connectivity index (χ0n) is 21.0. The summed E-state index contributed by atoms with van der Waals surface area (Å²) >= 11 is 0. The van der Waals surface area contributed by atoms with Gasteiger partial charge in [-0.1, -0.05) is 24.3 Å². The highest BCUT2D eigenvalue weighted by atomic mass is 15.0. The van der Waals surface area contributed by atoms with Crippen molar-refractivity contribution in [3.63, 3.8) is 0 Å². The van der Waals surface area contributed by atoms with Crippen LogP contribution >= 0.6 is 0 Å². The molecule has 0 aliphatic rings. The topological polar surface area (TPSA) is 56.5 Å². The zero-order valence-corrected chi connectivity index (χ0v) is 21.0. The molecule has 0 saturated carbocycles. The molecule has 3 heterocycles. The first-order valence-electron chi connectivity index (χ1n) is 12.6. The molecule has 4 aromatic carbocycles. The Bertz CT molecular complexity index is 2000. The van der Waals surface area contributed by atoms with Gasteiger partial charge in [-0.25, -0.2) is 9.97 Å². The van der Waals surface area contributed by atoms with E-state index < -0.39 is 0 Å². The number of fused-ring (bicyclic) bond motifs is 5. The van der Waals surface area contributed by atoms with Crippen molar-refractivity contribution in [1.29, 1.82) is 0 Å². The monoisotopic (exact) mass is 479 g/mol. The van der Waals surface area contributed by atoms with E-state index in [1.165, 1.54) is 32.9 Å². The molecule has 5 heteroatoms. The van der Waals surface area contributed by atoms with Crippen LogP contribution in [0, 0.1) is 13.8 Å². The van der Waals surface area contributed by atoms with Crippen molar-refractivity contribution >= 4 is 43.9 Å². The lowest BCUT2D eigenvalue weighted by atomic mass is 10.0. The molecule has 0 aliphatic carbocycles. The third-order valence-corrected chi connectivity index (χ3v) is 7.17. The van der Waals surface area contributed by atoms with Gasteiger partial charge < -0.3 is 4.57 Å². The minimum Gasteiger partial charge on any atom is -0.341 e. The first kappa shape index (κ1) is 21.6. The predicted octanol–water partition coefficient (Wildman–Crippen LogP) is 7.65. The summed E-state index contributed by atoms with van der Waals surface area (Å²) in [7, 11) is 0. The maximum absolute atomic E-state index is 4.93. The van der Waals surface area contributed by atoms with Crippen LogP contribution in [0.5, 0.6) is 0 Å². The summed E-state index contributed by atoms with van der Waals surface area (Å²) < 4.78 is 2.36. The van der Waals surface area contributed by atoms with Gasteiger partial charge in [0, 0.05) is 39.5 Å². The van der Waals surface area contributed by atoms with Crippen molar-refractivity contribution in [2.45, 2.75) is 27.3 Å². The molecule has 37 heavy (non-hydrogen) atoms. The van der Waals surface area contributed by atoms with E-state index in [-0.39, 0.29) is 0 Å². The molecule has 0 saturated heterocycles. The van der Waals surface area contributed by atoms with E-state index in [4.69, 9.17) is 9.97 Å². The Kier molecular flexibility index (Phi) is 4.80. The largest absolute Gasteiger partial charge is 0.341 e. The number of nitrogens with zero attached hydrogens (tertiary/aromatic N) is 5. The highest BCUT2D eigenvalue weighted by Gasteiger charge is 2.14. The van der Waals surface area contributed by atoms with Gasteiger partial charge in [0.15, 0.2) is 0 Å². The molecule has 5 nitrogen and oxygen atoms in total. The number of aryl methyl sites for hydroxylation is 3. The molecule has 0 fully saturated rings. The smallest absolute Gasteiger partial charge is 0.0896 e. The average molecular weight is 480 g/mol. The molecule has 0 atom stereocenters. The van der Waals surface area contributed by atoms with E-state index in [9.17, 15) is 0 Å².